The molecule has 1 aliphatic carbocycles. The molecule has 1 aliphatic rings. The van der Waals surface area contributed by atoms with Gasteiger partial charge in [-0.15, -0.1) is 0 Å². The molecule has 48 heavy (non-hydrogen) atoms. The largest absolute Gasteiger partial charge is 0.455 e. The summed E-state index contributed by atoms with van der Waals surface area (Å²) in [6.07, 6.45) is 3.43. The van der Waals surface area contributed by atoms with E-state index in [1.807, 2.05) is 0 Å². The second-order valence-electron chi connectivity index (χ2n) is 13.4. The molecule has 0 aliphatic heterocycles. The summed E-state index contributed by atoms with van der Waals surface area (Å²) in [6, 6.07) is 53.1. The van der Waals surface area contributed by atoms with E-state index in [0.29, 0.717) is 5.92 Å². The van der Waals surface area contributed by atoms with Gasteiger partial charge in [-0.25, -0.2) is 0 Å². The molecule has 2 nitrogen and oxygen atoms in total. The SMILES string of the molecule is CC(C)c1cccc2oc3c4ccccc4c(N(c4ccc(-c5ccc(-c6ccccc6)cc5)cc4)c4cccc5c4CCC5)cc3c12. The zero-order valence-electron chi connectivity index (χ0n) is 27.4. The van der Waals surface area contributed by atoms with Crippen LogP contribution in [0.4, 0.5) is 17.1 Å². The van der Waals surface area contributed by atoms with E-state index in [1.54, 1.807) is 0 Å². The fraction of sp³-hybridized carbons (Fsp3) is 0.130. The highest BCUT2D eigenvalue weighted by Crippen LogP contribution is 2.47. The van der Waals surface area contributed by atoms with Gasteiger partial charge < -0.3 is 9.32 Å². The maximum atomic E-state index is 6.66. The van der Waals surface area contributed by atoms with Crippen molar-refractivity contribution in [2.24, 2.45) is 0 Å². The number of hydrogen-bond donors (Lipinski definition) is 0. The molecule has 0 saturated carbocycles. The van der Waals surface area contributed by atoms with Gasteiger partial charge >= 0.3 is 0 Å². The van der Waals surface area contributed by atoms with Crippen LogP contribution in [0.25, 0.3) is 55.0 Å². The van der Waals surface area contributed by atoms with E-state index in [-0.39, 0.29) is 0 Å². The van der Waals surface area contributed by atoms with Gasteiger partial charge in [-0.1, -0.05) is 129 Å². The minimum atomic E-state index is 0.382. The van der Waals surface area contributed by atoms with Crippen LogP contribution in [0.2, 0.25) is 0 Å². The molecule has 0 fully saturated rings. The van der Waals surface area contributed by atoms with Gasteiger partial charge in [0.25, 0.3) is 0 Å². The third-order valence-corrected chi connectivity index (χ3v) is 10.2. The van der Waals surface area contributed by atoms with Crippen LogP contribution in [0.5, 0.6) is 0 Å². The number of furan rings is 1. The molecule has 9 rings (SSSR count). The fourth-order valence-corrected chi connectivity index (χ4v) is 7.83. The summed E-state index contributed by atoms with van der Waals surface area (Å²) >= 11 is 0. The molecule has 1 heterocycles. The summed E-state index contributed by atoms with van der Waals surface area (Å²) in [5.41, 5.74) is 14.7. The summed E-state index contributed by atoms with van der Waals surface area (Å²) in [6.45, 7) is 4.54. The van der Waals surface area contributed by atoms with Crippen LogP contribution in [-0.2, 0) is 12.8 Å². The molecule has 0 unspecified atom stereocenters. The Morgan fingerprint density at radius 2 is 1.19 bits per heavy atom. The van der Waals surface area contributed by atoms with Crippen molar-refractivity contribution in [2.45, 2.75) is 39.0 Å². The van der Waals surface area contributed by atoms with Crippen LogP contribution >= 0.6 is 0 Å². The van der Waals surface area contributed by atoms with Crippen molar-refractivity contribution in [3.8, 4) is 22.3 Å². The molecule has 7 aromatic carbocycles. The monoisotopic (exact) mass is 619 g/mol. The minimum Gasteiger partial charge on any atom is -0.455 e. The summed E-state index contributed by atoms with van der Waals surface area (Å²) in [4.78, 5) is 2.50. The molecule has 0 atom stereocenters. The maximum Gasteiger partial charge on any atom is 0.143 e. The molecule has 232 valence electrons. The van der Waals surface area contributed by atoms with E-state index in [9.17, 15) is 0 Å². The minimum absolute atomic E-state index is 0.382. The van der Waals surface area contributed by atoms with Crippen molar-refractivity contribution in [2.75, 3.05) is 4.90 Å². The highest BCUT2D eigenvalue weighted by atomic mass is 16.3. The molecule has 2 heteroatoms. The van der Waals surface area contributed by atoms with Crippen molar-refractivity contribution in [3.05, 3.63) is 162 Å². The lowest BCUT2D eigenvalue weighted by Gasteiger charge is -2.29. The first kappa shape index (κ1) is 28.6. The van der Waals surface area contributed by atoms with Crippen molar-refractivity contribution in [3.63, 3.8) is 0 Å². The average molecular weight is 620 g/mol. The average Bonchev–Trinajstić information content (AvgIpc) is 3.78. The Labute approximate surface area is 281 Å². The predicted molar refractivity (Wildman–Crippen MR) is 203 cm³/mol. The Kier molecular flexibility index (Phi) is 6.90. The number of nitrogens with zero attached hydrogens (tertiary/aromatic N) is 1. The van der Waals surface area contributed by atoms with Crippen molar-refractivity contribution >= 4 is 49.8 Å². The van der Waals surface area contributed by atoms with Gasteiger partial charge in [0, 0.05) is 32.9 Å². The number of aryl methyl sites for hydroxylation is 1. The van der Waals surface area contributed by atoms with Gasteiger partial charge in [-0.2, -0.15) is 0 Å². The Morgan fingerprint density at radius 1 is 0.542 bits per heavy atom. The molecule has 8 aromatic rings. The van der Waals surface area contributed by atoms with E-state index in [4.69, 9.17) is 4.42 Å². The first-order valence-electron chi connectivity index (χ1n) is 17.2. The molecule has 0 radical (unpaired) electrons. The lowest BCUT2D eigenvalue weighted by molar-refractivity contribution is 0.672. The molecule has 0 bridgehead atoms. The van der Waals surface area contributed by atoms with Crippen molar-refractivity contribution < 1.29 is 4.42 Å². The highest BCUT2D eigenvalue weighted by Gasteiger charge is 2.25. The Bertz CT molecular complexity index is 2430. The number of fused-ring (bicyclic) bond motifs is 6. The first-order chi connectivity index (χ1) is 23.6. The van der Waals surface area contributed by atoms with E-state index >= 15 is 0 Å². The predicted octanol–water partition coefficient (Wildman–Crippen LogP) is 13.2. The third-order valence-electron chi connectivity index (χ3n) is 10.2. The van der Waals surface area contributed by atoms with Crippen LogP contribution in [0, 0.1) is 0 Å². The zero-order valence-corrected chi connectivity index (χ0v) is 27.4. The smallest absolute Gasteiger partial charge is 0.143 e. The second kappa shape index (κ2) is 11.6. The van der Waals surface area contributed by atoms with Gasteiger partial charge in [-0.3, -0.25) is 0 Å². The summed E-state index contributed by atoms with van der Waals surface area (Å²) < 4.78 is 6.66. The summed E-state index contributed by atoms with van der Waals surface area (Å²) in [5, 5.41) is 4.73. The Balaban J connectivity index is 1.24. The number of benzene rings is 7. The summed E-state index contributed by atoms with van der Waals surface area (Å²) in [5.74, 6) is 0.382. The fourth-order valence-electron chi connectivity index (χ4n) is 7.83. The Morgan fingerprint density at radius 3 is 1.92 bits per heavy atom. The number of rotatable bonds is 6. The van der Waals surface area contributed by atoms with Crippen LogP contribution in [0.1, 0.15) is 42.9 Å². The van der Waals surface area contributed by atoms with Crippen LogP contribution in [-0.4, -0.2) is 0 Å². The normalized spacial score (nSPS) is 12.7. The number of hydrogen-bond acceptors (Lipinski definition) is 2. The van der Waals surface area contributed by atoms with Gasteiger partial charge in [0.1, 0.15) is 11.2 Å². The number of anilines is 3. The lowest BCUT2D eigenvalue weighted by Crippen LogP contribution is -2.13. The molecule has 0 amide bonds. The van der Waals surface area contributed by atoms with E-state index < -0.39 is 0 Å². The highest BCUT2D eigenvalue weighted by molar-refractivity contribution is 6.20. The maximum absolute atomic E-state index is 6.66. The molecule has 0 saturated heterocycles. The van der Waals surface area contributed by atoms with E-state index in [1.165, 1.54) is 72.9 Å². The molecular formula is C46H37NO. The first-order valence-corrected chi connectivity index (χ1v) is 17.2. The molecule has 1 aromatic heterocycles. The van der Waals surface area contributed by atoms with E-state index in [0.717, 1.165) is 35.1 Å². The Hall–Kier alpha value is -5.60. The second-order valence-corrected chi connectivity index (χ2v) is 13.4. The van der Waals surface area contributed by atoms with Gasteiger partial charge in [0.15, 0.2) is 0 Å². The van der Waals surface area contributed by atoms with Crippen molar-refractivity contribution in [1.29, 1.82) is 0 Å². The van der Waals surface area contributed by atoms with Gasteiger partial charge in [-0.05, 0) is 94.5 Å². The van der Waals surface area contributed by atoms with Gasteiger partial charge in [0.2, 0.25) is 0 Å². The van der Waals surface area contributed by atoms with Gasteiger partial charge in [0.05, 0.1) is 5.69 Å². The van der Waals surface area contributed by atoms with Crippen molar-refractivity contribution in [1.82, 2.24) is 0 Å². The zero-order chi connectivity index (χ0) is 32.2. The quantitative estimate of drug-likeness (QED) is 0.184. The molecule has 0 N–H and O–H groups in total. The molecular weight excluding hydrogens is 583 g/mol. The van der Waals surface area contributed by atoms with Crippen LogP contribution in [0.15, 0.2) is 150 Å². The molecule has 0 spiro atoms. The summed E-state index contributed by atoms with van der Waals surface area (Å²) in [7, 11) is 0. The van der Waals surface area contributed by atoms with Crippen LogP contribution < -0.4 is 4.90 Å². The lowest BCUT2D eigenvalue weighted by atomic mass is 9.95. The standard InChI is InChI=1S/C46H37NO/c1-30(2)37-17-10-20-44-45(37)41-29-43(39-15-6-7-16-40(39)46(41)48-44)47(42-19-9-14-35-13-8-18-38(35)42)36-27-25-34(26-28-36)33-23-21-32(22-24-33)31-11-4-3-5-12-31/h3-7,9-12,14-17,19-30H,8,13,18H2,1-2H3. The van der Waals surface area contributed by atoms with Crippen LogP contribution in [0.3, 0.4) is 0 Å². The third kappa shape index (κ3) is 4.71. The topological polar surface area (TPSA) is 16.4 Å². The van der Waals surface area contributed by atoms with E-state index in [2.05, 4.69) is 164 Å².